The number of carbonyl (C=O) groups is 1. The van der Waals surface area contributed by atoms with Crippen molar-refractivity contribution < 1.29 is 9.53 Å². The van der Waals surface area contributed by atoms with E-state index in [1.807, 2.05) is 36.6 Å². The zero-order chi connectivity index (χ0) is 13.2. The summed E-state index contributed by atoms with van der Waals surface area (Å²) in [6.45, 7) is 2.83. The van der Waals surface area contributed by atoms with Gasteiger partial charge in [0, 0.05) is 22.1 Å². The van der Waals surface area contributed by atoms with Crippen LogP contribution in [0.4, 0.5) is 0 Å². The lowest BCUT2D eigenvalue weighted by Gasteiger charge is -2.19. The van der Waals surface area contributed by atoms with Crippen LogP contribution in [0.15, 0.2) is 29.6 Å². The highest BCUT2D eigenvalue weighted by Crippen LogP contribution is 2.26. The van der Waals surface area contributed by atoms with Crippen molar-refractivity contribution in [2.24, 2.45) is 0 Å². The van der Waals surface area contributed by atoms with E-state index in [1.54, 1.807) is 11.3 Å². The van der Waals surface area contributed by atoms with Crippen molar-refractivity contribution in [1.29, 1.82) is 0 Å². The van der Waals surface area contributed by atoms with Gasteiger partial charge in [-0.3, -0.25) is 4.79 Å². The van der Waals surface area contributed by atoms with E-state index in [1.165, 1.54) is 0 Å². The number of amides is 1. The summed E-state index contributed by atoms with van der Waals surface area (Å²) in [6.07, 6.45) is 2.28. The van der Waals surface area contributed by atoms with Crippen LogP contribution in [0.2, 0.25) is 0 Å². The first-order valence-electron chi connectivity index (χ1n) is 6.64. The van der Waals surface area contributed by atoms with Crippen LogP contribution in [-0.4, -0.2) is 24.7 Å². The number of hydrogen-bond acceptors (Lipinski definition) is 3. The summed E-state index contributed by atoms with van der Waals surface area (Å²) in [4.78, 5) is 12.3. The van der Waals surface area contributed by atoms with Gasteiger partial charge in [0.2, 0.25) is 0 Å². The molecule has 0 saturated carbocycles. The third-order valence-electron chi connectivity index (χ3n) is 3.61. The second-order valence-electron chi connectivity index (χ2n) is 4.96. The van der Waals surface area contributed by atoms with Crippen molar-refractivity contribution in [3.8, 4) is 0 Å². The lowest BCUT2D eigenvalue weighted by molar-refractivity contribution is 0.0713. The Labute approximate surface area is 116 Å². The van der Waals surface area contributed by atoms with Gasteiger partial charge in [-0.15, -0.1) is 11.3 Å². The fourth-order valence-electron chi connectivity index (χ4n) is 2.53. The molecule has 1 aromatic heterocycles. The number of carbonyl (C=O) groups excluding carboxylic acids is 1. The van der Waals surface area contributed by atoms with E-state index in [4.69, 9.17) is 4.74 Å². The maximum atomic E-state index is 12.3. The molecule has 3 nitrogen and oxygen atoms in total. The Bertz CT molecular complexity index is 587. The second-order valence-corrected chi connectivity index (χ2v) is 5.87. The average Bonchev–Trinajstić information content (AvgIpc) is 3.08. The highest BCUT2D eigenvalue weighted by molar-refractivity contribution is 7.17. The lowest BCUT2D eigenvalue weighted by atomic mass is 10.1. The molecule has 0 aliphatic carbocycles. The molecular formula is C15H17NO2S. The lowest BCUT2D eigenvalue weighted by Crippen LogP contribution is -2.40. The Morgan fingerprint density at radius 1 is 1.47 bits per heavy atom. The summed E-state index contributed by atoms with van der Waals surface area (Å²) in [5.41, 5.74) is 0.769. The van der Waals surface area contributed by atoms with Gasteiger partial charge >= 0.3 is 0 Å². The fourth-order valence-corrected chi connectivity index (χ4v) is 3.47. The zero-order valence-corrected chi connectivity index (χ0v) is 11.7. The van der Waals surface area contributed by atoms with Crippen LogP contribution < -0.4 is 5.32 Å². The van der Waals surface area contributed by atoms with Crippen molar-refractivity contribution in [3.05, 3.63) is 35.2 Å². The Morgan fingerprint density at radius 2 is 2.32 bits per heavy atom. The average molecular weight is 275 g/mol. The molecule has 1 aliphatic rings. The predicted octanol–water partition coefficient (Wildman–Crippen LogP) is 3.20. The minimum atomic E-state index is 0.000417. The van der Waals surface area contributed by atoms with E-state index in [-0.39, 0.29) is 18.1 Å². The van der Waals surface area contributed by atoms with Crippen LogP contribution in [0.1, 0.15) is 30.1 Å². The van der Waals surface area contributed by atoms with Crippen molar-refractivity contribution >= 4 is 27.3 Å². The fraction of sp³-hybridized carbons (Fsp3) is 0.400. The third-order valence-corrected chi connectivity index (χ3v) is 4.57. The molecule has 1 N–H and O–H groups in total. The highest BCUT2D eigenvalue weighted by atomic mass is 32.1. The SMILES string of the molecule is C[C@@H](NC(=O)c1csc2ccccc12)[C@@H]1CCCO1. The maximum absolute atomic E-state index is 12.3. The van der Waals surface area contributed by atoms with Gasteiger partial charge < -0.3 is 10.1 Å². The molecule has 1 saturated heterocycles. The van der Waals surface area contributed by atoms with E-state index in [0.717, 1.165) is 35.1 Å². The molecule has 0 unspecified atom stereocenters. The molecule has 100 valence electrons. The summed E-state index contributed by atoms with van der Waals surface area (Å²) in [5.74, 6) is 0.000417. The maximum Gasteiger partial charge on any atom is 0.253 e. The summed E-state index contributed by atoms with van der Waals surface area (Å²) >= 11 is 1.61. The predicted molar refractivity (Wildman–Crippen MR) is 77.7 cm³/mol. The molecule has 1 fully saturated rings. The van der Waals surface area contributed by atoms with Crippen LogP contribution in [0.25, 0.3) is 10.1 Å². The van der Waals surface area contributed by atoms with E-state index in [2.05, 4.69) is 5.32 Å². The van der Waals surface area contributed by atoms with Gasteiger partial charge in [-0.1, -0.05) is 18.2 Å². The summed E-state index contributed by atoms with van der Waals surface area (Å²) in [6, 6.07) is 8.07. The molecule has 1 aromatic carbocycles. The van der Waals surface area contributed by atoms with Crippen LogP contribution in [0.3, 0.4) is 0 Å². The van der Waals surface area contributed by atoms with Gasteiger partial charge in [0.05, 0.1) is 17.7 Å². The number of nitrogens with one attached hydrogen (secondary N) is 1. The molecule has 0 radical (unpaired) electrons. The molecular weight excluding hydrogens is 258 g/mol. The topological polar surface area (TPSA) is 38.3 Å². The van der Waals surface area contributed by atoms with Crippen molar-refractivity contribution in [1.82, 2.24) is 5.32 Å². The Morgan fingerprint density at radius 3 is 3.11 bits per heavy atom. The second kappa shape index (κ2) is 5.31. The summed E-state index contributed by atoms with van der Waals surface area (Å²) in [5, 5.41) is 6.02. The van der Waals surface area contributed by atoms with Gasteiger partial charge in [0.15, 0.2) is 0 Å². The molecule has 0 bridgehead atoms. The first-order valence-corrected chi connectivity index (χ1v) is 7.52. The van der Waals surface area contributed by atoms with Crippen molar-refractivity contribution in [3.63, 3.8) is 0 Å². The molecule has 2 heterocycles. The number of benzene rings is 1. The van der Waals surface area contributed by atoms with Gasteiger partial charge in [-0.05, 0) is 25.8 Å². The Kier molecular flexibility index (Phi) is 3.53. The van der Waals surface area contributed by atoms with Crippen LogP contribution in [-0.2, 0) is 4.74 Å². The number of ether oxygens (including phenoxy) is 1. The van der Waals surface area contributed by atoms with Crippen LogP contribution >= 0.6 is 11.3 Å². The number of rotatable bonds is 3. The van der Waals surface area contributed by atoms with E-state index in [0.29, 0.717) is 0 Å². The molecule has 19 heavy (non-hydrogen) atoms. The minimum Gasteiger partial charge on any atom is -0.376 e. The first-order chi connectivity index (χ1) is 9.25. The quantitative estimate of drug-likeness (QED) is 0.934. The van der Waals surface area contributed by atoms with E-state index in [9.17, 15) is 4.79 Å². The molecule has 1 aliphatic heterocycles. The third kappa shape index (κ3) is 2.51. The molecule has 1 amide bonds. The Hall–Kier alpha value is -1.39. The normalized spacial score (nSPS) is 20.6. The summed E-state index contributed by atoms with van der Waals surface area (Å²) < 4.78 is 6.76. The molecule has 0 spiro atoms. The molecule has 4 heteroatoms. The standard InChI is InChI=1S/C15H17NO2S/c1-10(13-6-4-8-18-13)16-15(17)12-9-19-14-7-3-2-5-11(12)14/h2-3,5,7,9-10,13H,4,6,8H2,1H3,(H,16,17)/t10-,13+/m1/s1. The largest absolute Gasteiger partial charge is 0.376 e. The van der Waals surface area contributed by atoms with Crippen LogP contribution in [0, 0.1) is 0 Å². The Balaban J connectivity index is 1.76. The molecule has 2 aromatic rings. The van der Waals surface area contributed by atoms with Gasteiger partial charge in [-0.2, -0.15) is 0 Å². The number of hydrogen-bond donors (Lipinski definition) is 1. The van der Waals surface area contributed by atoms with Crippen molar-refractivity contribution in [2.45, 2.75) is 31.9 Å². The van der Waals surface area contributed by atoms with E-state index < -0.39 is 0 Å². The number of thiophene rings is 1. The van der Waals surface area contributed by atoms with Crippen LogP contribution in [0.5, 0.6) is 0 Å². The highest BCUT2D eigenvalue weighted by Gasteiger charge is 2.24. The monoisotopic (exact) mass is 275 g/mol. The van der Waals surface area contributed by atoms with Gasteiger partial charge in [0.1, 0.15) is 0 Å². The first kappa shape index (κ1) is 12.6. The van der Waals surface area contributed by atoms with E-state index >= 15 is 0 Å². The number of fused-ring (bicyclic) bond motifs is 1. The van der Waals surface area contributed by atoms with Gasteiger partial charge in [-0.25, -0.2) is 0 Å². The van der Waals surface area contributed by atoms with Crippen molar-refractivity contribution in [2.75, 3.05) is 6.61 Å². The minimum absolute atomic E-state index is 0.000417. The molecule has 2 atom stereocenters. The smallest absolute Gasteiger partial charge is 0.253 e. The summed E-state index contributed by atoms with van der Waals surface area (Å²) in [7, 11) is 0. The molecule has 3 rings (SSSR count). The van der Waals surface area contributed by atoms with Gasteiger partial charge in [0.25, 0.3) is 5.91 Å². The zero-order valence-electron chi connectivity index (χ0n) is 10.9.